The molecule has 2 aliphatic rings. The van der Waals surface area contributed by atoms with Crippen molar-refractivity contribution in [3.63, 3.8) is 0 Å². The Hall–Kier alpha value is -3.13. The van der Waals surface area contributed by atoms with Gasteiger partial charge in [-0.25, -0.2) is 13.6 Å². The molecule has 3 aromatic rings. The lowest BCUT2D eigenvalue weighted by Crippen LogP contribution is -2.53. The minimum Gasteiger partial charge on any atom is -0.496 e. The maximum atomic E-state index is 14.1. The number of carbonyl (C=O) groups is 1. The molecule has 0 unspecified atom stereocenters. The summed E-state index contributed by atoms with van der Waals surface area (Å²) in [5.74, 6) is -2.77. The average Bonchev–Trinajstić information content (AvgIpc) is 3.30. The number of H-pyrrole nitrogens is 1. The number of nitrogens with one attached hydrogen (secondary N) is 1. The maximum absolute atomic E-state index is 14.1. The van der Waals surface area contributed by atoms with Crippen LogP contribution in [0.3, 0.4) is 0 Å². The molecule has 1 aliphatic heterocycles. The largest absolute Gasteiger partial charge is 0.496 e. The highest BCUT2D eigenvalue weighted by molar-refractivity contribution is 5.89. The molecule has 192 valence electrons. The normalized spacial score (nSPS) is 20.9. The number of aromatic amines is 1. The van der Waals surface area contributed by atoms with E-state index in [1.807, 2.05) is 44.2 Å². The van der Waals surface area contributed by atoms with Crippen molar-refractivity contribution in [1.29, 1.82) is 0 Å². The number of carboxylic acids is 1. The summed E-state index contributed by atoms with van der Waals surface area (Å²) in [4.78, 5) is 19.2. The van der Waals surface area contributed by atoms with E-state index in [4.69, 9.17) is 4.74 Å². The zero-order valence-corrected chi connectivity index (χ0v) is 21.2. The van der Waals surface area contributed by atoms with Gasteiger partial charge in [0.15, 0.2) is 0 Å². The Bertz CT molecular complexity index is 1310. The average molecular weight is 498 g/mol. The van der Waals surface area contributed by atoms with Crippen molar-refractivity contribution >= 4 is 22.6 Å². The molecule has 0 bridgehead atoms. The third kappa shape index (κ3) is 4.21. The fraction of sp³-hybridized carbons (Fsp3) is 0.464. The molecule has 1 aromatic heterocycles. The first-order chi connectivity index (χ1) is 17.0. The highest BCUT2D eigenvalue weighted by atomic mass is 19.3. The number of benzene rings is 2. The van der Waals surface area contributed by atoms with Gasteiger partial charge in [-0.1, -0.05) is 6.07 Å². The van der Waals surface area contributed by atoms with Crippen LogP contribution in [0.5, 0.6) is 5.75 Å². The second kappa shape index (κ2) is 8.76. The number of aryl methyl sites for hydroxylation is 1. The number of hydrogen-bond donors (Lipinski definition) is 2. The number of aromatic carboxylic acids is 1. The van der Waals surface area contributed by atoms with Gasteiger partial charge in [-0.05, 0) is 67.1 Å². The first-order valence-corrected chi connectivity index (χ1v) is 12.3. The first kappa shape index (κ1) is 24.6. The van der Waals surface area contributed by atoms with E-state index in [2.05, 4.69) is 16.0 Å². The number of carboxylic acid groups (broad SMARTS) is 1. The number of likely N-dealkylation sites (tertiary alicyclic amines) is 1. The molecule has 2 N–H and O–H groups in total. The van der Waals surface area contributed by atoms with E-state index in [0.717, 1.165) is 39.0 Å². The highest BCUT2D eigenvalue weighted by Crippen LogP contribution is 2.61. The van der Waals surface area contributed by atoms with Crippen molar-refractivity contribution in [2.75, 3.05) is 32.6 Å². The van der Waals surface area contributed by atoms with E-state index in [1.165, 1.54) is 0 Å². The Kier molecular flexibility index (Phi) is 5.98. The van der Waals surface area contributed by atoms with E-state index >= 15 is 0 Å². The third-order valence-corrected chi connectivity index (χ3v) is 8.07. The van der Waals surface area contributed by atoms with Crippen molar-refractivity contribution in [2.45, 2.75) is 51.1 Å². The summed E-state index contributed by atoms with van der Waals surface area (Å²) in [6.45, 7) is 3.32. The van der Waals surface area contributed by atoms with E-state index in [1.54, 1.807) is 19.2 Å². The lowest BCUT2D eigenvalue weighted by atomic mass is 9.58. The molecule has 6 nitrogen and oxygen atoms in total. The van der Waals surface area contributed by atoms with Gasteiger partial charge >= 0.3 is 5.97 Å². The van der Waals surface area contributed by atoms with Gasteiger partial charge in [0, 0.05) is 67.9 Å². The van der Waals surface area contributed by atoms with Gasteiger partial charge in [-0.3, -0.25) is 4.90 Å². The summed E-state index contributed by atoms with van der Waals surface area (Å²) < 4.78 is 33.9. The number of rotatable bonds is 6. The molecule has 5 rings (SSSR count). The molecule has 1 spiro atoms. The smallest absolute Gasteiger partial charge is 0.335 e. The highest BCUT2D eigenvalue weighted by Gasteiger charge is 2.58. The molecule has 1 saturated carbocycles. The van der Waals surface area contributed by atoms with Crippen molar-refractivity contribution in [3.05, 3.63) is 58.8 Å². The predicted molar refractivity (Wildman–Crippen MR) is 136 cm³/mol. The molecule has 1 atom stereocenters. The SMILES string of the molecule is COc1cc(C)c2[nH]ccc2c1CN1CCC2(C[C@@H]1c1ccc(C(=O)O)cc1N(C)C)CC(F)(F)C2. The molecule has 8 heteroatoms. The van der Waals surface area contributed by atoms with Gasteiger partial charge in [0.05, 0.1) is 12.7 Å². The molecule has 1 aliphatic carbocycles. The van der Waals surface area contributed by atoms with Crippen LogP contribution in [0.4, 0.5) is 14.5 Å². The molecule has 0 radical (unpaired) electrons. The number of alkyl halides is 2. The zero-order chi connectivity index (χ0) is 25.8. The number of halogens is 2. The molecular formula is C28H33F2N3O3. The van der Waals surface area contributed by atoms with E-state index in [-0.39, 0.29) is 29.9 Å². The number of methoxy groups -OCH3 is 1. The number of aromatic nitrogens is 1. The van der Waals surface area contributed by atoms with Crippen LogP contribution < -0.4 is 9.64 Å². The van der Waals surface area contributed by atoms with Crippen molar-refractivity contribution in [3.8, 4) is 5.75 Å². The predicted octanol–water partition coefficient (Wildman–Crippen LogP) is 6.00. The van der Waals surface area contributed by atoms with Crippen LogP contribution in [0.1, 0.15) is 58.8 Å². The quantitative estimate of drug-likeness (QED) is 0.437. The number of piperidine rings is 1. The molecular weight excluding hydrogens is 464 g/mol. The summed E-state index contributed by atoms with van der Waals surface area (Å²) in [7, 11) is 5.44. The fourth-order valence-electron chi connectivity index (χ4n) is 6.37. The maximum Gasteiger partial charge on any atom is 0.335 e. The van der Waals surface area contributed by atoms with Gasteiger partial charge in [-0.2, -0.15) is 0 Å². The Morgan fingerprint density at radius 3 is 2.64 bits per heavy atom. The van der Waals surface area contributed by atoms with E-state index in [0.29, 0.717) is 25.9 Å². The molecule has 36 heavy (non-hydrogen) atoms. The number of fused-ring (bicyclic) bond motifs is 1. The first-order valence-electron chi connectivity index (χ1n) is 12.3. The topological polar surface area (TPSA) is 68.8 Å². The second-order valence-corrected chi connectivity index (χ2v) is 10.8. The minimum atomic E-state index is -2.60. The molecule has 2 fully saturated rings. The minimum absolute atomic E-state index is 0.0786. The number of anilines is 1. The molecule has 2 heterocycles. The van der Waals surface area contributed by atoms with Gasteiger partial charge in [0.1, 0.15) is 5.75 Å². The summed E-state index contributed by atoms with van der Waals surface area (Å²) in [6.07, 6.45) is 3.10. The van der Waals surface area contributed by atoms with E-state index in [9.17, 15) is 18.7 Å². The van der Waals surface area contributed by atoms with Crippen LogP contribution in [0.25, 0.3) is 10.9 Å². The van der Waals surface area contributed by atoms with Crippen LogP contribution in [0.2, 0.25) is 0 Å². The summed E-state index contributed by atoms with van der Waals surface area (Å²) in [5, 5.41) is 10.7. The van der Waals surface area contributed by atoms with Crippen LogP contribution in [0.15, 0.2) is 36.5 Å². The summed E-state index contributed by atoms with van der Waals surface area (Å²) in [6, 6.07) is 9.13. The van der Waals surface area contributed by atoms with Gasteiger partial charge in [0.2, 0.25) is 5.92 Å². The Morgan fingerprint density at radius 2 is 2.00 bits per heavy atom. The van der Waals surface area contributed by atoms with Crippen LogP contribution >= 0.6 is 0 Å². The van der Waals surface area contributed by atoms with Gasteiger partial charge in [-0.15, -0.1) is 0 Å². The summed E-state index contributed by atoms with van der Waals surface area (Å²) in [5.41, 5.74) is 4.82. The van der Waals surface area contributed by atoms with Gasteiger partial charge < -0.3 is 19.7 Å². The number of nitrogens with zero attached hydrogens (tertiary/aromatic N) is 2. The molecule has 1 saturated heterocycles. The Labute approximate surface area is 209 Å². The molecule has 2 aromatic carbocycles. The lowest BCUT2D eigenvalue weighted by molar-refractivity contribution is -0.186. The fourth-order valence-corrected chi connectivity index (χ4v) is 6.37. The zero-order valence-electron chi connectivity index (χ0n) is 21.2. The Balaban J connectivity index is 1.58. The monoisotopic (exact) mass is 497 g/mol. The van der Waals surface area contributed by atoms with Crippen molar-refractivity contribution < 1.29 is 23.4 Å². The van der Waals surface area contributed by atoms with Crippen LogP contribution in [-0.2, 0) is 6.54 Å². The van der Waals surface area contributed by atoms with Crippen LogP contribution in [0, 0.1) is 12.3 Å². The Morgan fingerprint density at radius 1 is 1.25 bits per heavy atom. The third-order valence-electron chi connectivity index (χ3n) is 8.07. The van der Waals surface area contributed by atoms with Gasteiger partial charge in [0.25, 0.3) is 0 Å². The molecule has 0 amide bonds. The second-order valence-electron chi connectivity index (χ2n) is 10.8. The number of hydrogen-bond acceptors (Lipinski definition) is 4. The number of ether oxygens (including phenoxy) is 1. The summed E-state index contributed by atoms with van der Waals surface area (Å²) >= 11 is 0. The van der Waals surface area contributed by atoms with Crippen molar-refractivity contribution in [2.24, 2.45) is 5.41 Å². The lowest BCUT2D eigenvalue weighted by Gasteiger charge is -2.55. The standard InChI is InChI=1S/C28H33F2N3O3/c1-17-11-24(36-4)21(19-7-9-31-25(17)19)14-33-10-8-27(15-28(29,30)16-27)13-23(33)20-6-5-18(26(34)35)12-22(20)32(2)3/h5-7,9,11-12,23,31H,8,10,13-16H2,1-4H3,(H,34,35)/t23-/m1/s1. The van der Waals surface area contributed by atoms with E-state index < -0.39 is 11.9 Å². The van der Waals surface area contributed by atoms with Crippen LogP contribution in [-0.4, -0.2) is 54.6 Å². The van der Waals surface area contributed by atoms with Crippen molar-refractivity contribution in [1.82, 2.24) is 9.88 Å².